The molecule has 0 radical (unpaired) electrons. The molecule has 0 unspecified atom stereocenters. The predicted molar refractivity (Wildman–Crippen MR) is 64.5 cm³/mol. The fraction of sp³-hybridized carbons (Fsp3) is 0.385. The van der Waals surface area contributed by atoms with E-state index in [9.17, 15) is 10.1 Å². The molecule has 0 amide bonds. The normalized spacial score (nSPS) is 25.1. The van der Waals surface area contributed by atoms with Gasteiger partial charge in [0.1, 0.15) is 0 Å². The molecule has 18 heavy (non-hydrogen) atoms. The standard InChI is InChI=1S/C13H13NO4/c15-14(16)11-4-2-1-3-10(11)9-5-6-12-13(7-9)18-8-17-12/h1-2,5-7,10-11H,3-4,8H2/t10-,11+/m0/s1. The fourth-order valence-corrected chi connectivity index (χ4v) is 2.53. The molecule has 5 heteroatoms. The van der Waals surface area contributed by atoms with Gasteiger partial charge in [0.05, 0.1) is 5.92 Å². The van der Waals surface area contributed by atoms with Crippen LogP contribution < -0.4 is 9.47 Å². The third-order valence-corrected chi connectivity index (χ3v) is 3.49. The molecule has 1 heterocycles. The van der Waals surface area contributed by atoms with E-state index in [2.05, 4.69) is 0 Å². The van der Waals surface area contributed by atoms with Gasteiger partial charge in [0.15, 0.2) is 11.5 Å². The zero-order valence-electron chi connectivity index (χ0n) is 9.74. The third-order valence-electron chi connectivity index (χ3n) is 3.49. The first-order chi connectivity index (χ1) is 8.75. The van der Waals surface area contributed by atoms with Gasteiger partial charge in [-0.25, -0.2) is 0 Å². The van der Waals surface area contributed by atoms with Gasteiger partial charge in [-0.15, -0.1) is 0 Å². The second-order valence-electron chi connectivity index (χ2n) is 4.51. The molecular formula is C13H13NO4. The first-order valence-electron chi connectivity index (χ1n) is 5.94. The molecule has 0 bridgehead atoms. The molecule has 1 aliphatic heterocycles. The summed E-state index contributed by atoms with van der Waals surface area (Å²) < 4.78 is 10.6. The van der Waals surface area contributed by atoms with Crippen LogP contribution in [0.15, 0.2) is 30.4 Å². The maximum Gasteiger partial charge on any atom is 0.231 e. The van der Waals surface area contributed by atoms with E-state index in [0.29, 0.717) is 24.3 Å². The van der Waals surface area contributed by atoms with Crippen molar-refractivity contribution in [2.24, 2.45) is 0 Å². The molecule has 1 aromatic carbocycles. The molecule has 2 atom stereocenters. The van der Waals surface area contributed by atoms with Crippen molar-refractivity contribution >= 4 is 0 Å². The van der Waals surface area contributed by atoms with Crippen molar-refractivity contribution in [3.05, 3.63) is 46.0 Å². The van der Waals surface area contributed by atoms with Crippen LogP contribution in [0.1, 0.15) is 24.3 Å². The highest BCUT2D eigenvalue weighted by molar-refractivity contribution is 5.45. The zero-order valence-corrected chi connectivity index (χ0v) is 9.74. The lowest BCUT2D eigenvalue weighted by molar-refractivity contribution is -0.526. The van der Waals surface area contributed by atoms with Crippen LogP contribution in [0.4, 0.5) is 0 Å². The Hall–Kier alpha value is -2.04. The zero-order chi connectivity index (χ0) is 12.5. The van der Waals surface area contributed by atoms with Crippen molar-refractivity contribution in [3.8, 4) is 11.5 Å². The van der Waals surface area contributed by atoms with Crippen molar-refractivity contribution in [2.75, 3.05) is 6.79 Å². The topological polar surface area (TPSA) is 61.6 Å². The molecule has 0 saturated carbocycles. The Morgan fingerprint density at radius 3 is 2.78 bits per heavy atom. The monoisotopic (exact) mass is 247 g/mol. The van der Waals surface area contributed by atoms with Crippen LogP contribution in [-0.2, 0) is 0 Å². The highest BCUT2D eigenvalue weighted by Gasteiger charge is 2.33. The summed E-state index contributed by atoms with van der Waals surface area (Å²) in [5, 5.41) is 11.1. The summed E-state index contributed by atoms with van der Waals surface area (Å²) >= 11 is 0. The third kappa shape index (κ3) is 1.81. The molecule has 1 aromatic rings. The molecule has 0 N–H and O–H groups in total. The van der Waals surface area contributed by atoms with E-state index in [1.54, 1.807) is 0 Å². The molecule has 0 saturated heterocycles. The van der Waals surface area contributed by atoms with Crippen LogP contribution in [0.5, 0.6) is 11.5 Å². The van der Waals surface area contributed by atoms with Gasteiger partial charge in [-0.1, -0.05) is 18.2 Å². The predicted octanol–water partition coefficient (Wildman–Crippen LogP) is 2.49. The summed E-state index contributed by atoms with van der Waals surface area (Å²) in [5.74, 6) is 1.31. The number of fused-ring (bicyclic) bond motifs is 1. The van der Waals surface area contributed by atoms with E-state index in [1.807, 2.05) is 30.4 Å². The first kappa shape index (κ1) is 11.1. The van der Waals surface area contributed by atoms with Gasteiger partial charge < -0.3 is 9.47 Å². The Balaban J connectivity index is 1.93. The first-order valence-corrected chi connectivity index (χ1v) is 5.94. The lowest BCUT2D eigenvalue weighted by atomic mass is 9.83. The molecule has 0 aromatic heterocycles. The summed E-state index contributed by atoms with van der Waals surface area (Å²) in [7, 11) is 0. The number of ether oxygens (including phenoxy) is 2. The molecule has 1 aliphatic carbocycles. The number of allylic oxidation sites excluding steroid dienone is 1. The lowest BCUT2D eigenvalue weighted by Gasteiger charge is -2.22. The largest absolute Gasteiger partial charge is 0.454 e. The number of benzene rings is 1. The van der Waals surface area contributed by atoms with E-state index in [-0.39, 0.29) is 17.6 Å². The maximum absolute atomic E-state index is 11.1. The van der Waals surface area contributed by atoms with Gasteiger partial charge in [-0.2, -0.15) is 0 Å². The van der Waals surface area contributed by atoms with Gasteiger partial charge in [0, 0.05) is 11.3 Å². The molecule has 2 aliphatic rings. The van der Waals surface area contributed by atoms with E-state index < -0.39 is 6.04 Å². The van der Waals surface area contributed by atoms with E-state index in [4.69, 9.17) is 9.47 Å². The van der Waals surface area contributed by atoms with Crippen LogP contribution in [0, 0.1) is 10.1 Å². The second-order valence-corrected chi connectivity index (χ2v) is 4.51. The number of nitro groups is 1. The molecule has 0 spiro atoms. The molecular weight excluding hydrogens is 234 g/mol. The van der Waals surface area contributed by atoms with Crippen molar-refractivity contribution < 1.29 is 14.4 Å². The average Bonchev–Trinajstić information content (AvgIpc) is 2.85. The van der Waals surface area contributed by atoms with Crippen LogP contribution in [0.2, 0.25) is 0 Å². The van der Waals surface area contributed by atoms with Gasteiger partial charge in [-0.3, -0.25) is 10.1 Å². The highest BCUT2D eigenvalue weighted by atomic mass is 16.7. The Labute approximate surface area is 104 Å². The number of rotatable bonds is 2. The van der Waals surface area contributed by atoms with E-state index in [1.165, 1.54) is 0 Å². The molecule has 3 rings (SSSR count). The van der Waals surface area contributed by atoms with Gasteiger partial charge in [0.25, 0.3) is 0 Å². The summed E-state index contributed by atoms with van der Waals surface area (Å²) in [6, 6.07) is 5.04. The number of hydrogen-bond acceptors (Lipinski definition) is 4. The second kappa shape index (κ2) is 4.33. The minimum absolute atomic E-state index is 0.0838. The summed E-state index contributed by atoms with van der Waals surface area (Å²) in [5.41, 5.74) is 0.949. The summed E-state index contributed by atoms with van der Waals surface area (Å²) in [6.45, 7) is 0.224. The van der Waals surface area contributed by atoms with Crippen molar-refractivity contribution in [2.45, 2.75) is 24.8 Å². The van der Waals surface area contributed by atoms with Crippen LogP contribution >= 0.6 is 0 Å². The van der Waals surface area contributed by atoms with E-state index in [0.717, 1.165) is 5.56 Å². The maximum atomic E-state index is 11.1. The minimum Gasteiger partial charge on any atom is -0.454 e. The highest BCUT2D eigenvalue weighted by Crippen LogP contribution is 2.38. The molecule has 5 nitrogen and oxygen atoms in total. The minimum atomic E-state index is -0.546. The average molecular weight is 247 g/mol. The van der Waals surface area contributed by atoms with Crippen molar-refractivity contribution in [1.29, 1.82) is 0 Å². The Morgan fingerprint density at radius 1 is 1.17 bits per heavy atom. The quantitative estimate of drug-likeness (QED) is 0.457. The molecule has 0 fully saturated rings. The Bertz CT molecular complexity index is 512. The molecule has 94 valence electrons. The lowest BCUT2D eigenvalue weighted by Crippen LogP contribution is -2.28. The van der Waals surface area contributed by atoms with Gasteiger partial charge >= 0.3 is 0 Å². The van der Waals surface area contributed by atoms with Gasteiger partial charge in [-0.05, 0) is 24.1 Å². The van der Waals surface area contributed by atoms with Gasteiger partial charge in [0.2, 0.25) is 12.8 Å². The number of nitrogens with zero attached hydrogens (tertiary/aromatic N) is 1. The van der Waals surface area contributed by atoms with Crippen molar-refractivity contribution in [3.63, 3.8) is 0 Å². The van der Waals surface area contributed by atoms with Crippen molar-refractivity contribution in [1.82, 2.24) is 0 Å². The Morgan fingerprint density at radius 2 is 1.94 bits per heavy atom. The van der Waals surface area contributed by atoms with Crippen LogP contribution in [-0.4, -0.2) is 17.8 Å². The van der Waals surface area contributed by atoms with E-state index >= 15 is 0 Å². The fourth-order valence-electron chi connectivity index (χ4n) is 2.53. The smallest absolute Gasteiger partial charge is 0.231 e. The SMILES string of the molecule is O=[N+]([O-])[C@@H]1CC=CC[C@H]1c1ccc2c(c1)OCO2. The number of hydrogen-bond donors (Lipinski definition) is 0. The van der Waals surface area contributed by atoms with Crippen LogP contribution in [0.3, 0.4) is 0 Å². The summed E-state index contributed by atoms with van der Waals surface area (Å²) in [4.78, 5) is 10.9. The Kier molecular flexibility index (Phi) is 2.66. The van der Waals surface area contributed by atoms with Crippen LogP contribution in [0.25, 0.3) is 0 Å². The summed E-state index contributed by atoms with van der Waals surface area (Å²) in [6.07, 6.45) is 5.09.